The summed E-state index contributed by atoms with van der Waals surface area (Å²) in [5.74, 6) is -0.728. The van der Waals surface area contributed by atoms with Crippen molar-refractivity contribution >= 4 is 11.9 Å². The fourth-order valence-corrected chi connectivity index (χ4v) is 0.753. The Hall–Kier alpha value is -1.32. The van der Waals surface area contributed by atoms with Crippen molar-refractivity contribution in [2.24, 2.45) is 0 Å². The molecule has 0 spiro atoms. The van der Waals surface area contributed by atoms with E-state index in [9.17, 15) is 9.59 Å². The molecule has 0 radical (unpaired) electrons. The van der Waals surface area contributed by atoms with Crippen molar-refractivity contribution in [1.82, 2.24) is 5.32 Å². The summed E-state index contributed by atoms with van der Waals surface area (Å²) in [5.41, 5.74) is 0.884. The molecule has 1 N–H and O–H groups in total. The first-order valence-electron chi connectivity index (χ1n) is 4.00. The fraction of sp³-hybridized carbons (Fsp3) is 0.556. The Kier molecular flexibility index (Phi) is 4.80. The Morgan fingerprint density at radius 2 is 1.92 bits per heavy atom. The monoisotopic (exact) mass is 185 g/mol. The van der Waals surface area contributed by atoms with Gasteiger partial charge in [0.25, 0.3) is 0 Å². The zero-order valence-corrected chi connectivity index (χ0v) is 8.38. The van der Waals surface area contributed by atoms with Gasteiger partial charge in [0.05, 0.1) is 7.11 Å². The number of amides is 1. The maximum Gasteiger partial charge on any atom is 0.328 e. The molecule has 1 unspecified atom stereocenters. The number of carbonyl (C=O) groups excluding carboxylic acids is 2. The SMILES string of the molecule is COC(=O)C(C)NC(=O)C=C(C)C. The number of carbonyl (C=O) groups is 2. The average molecular weight is 185 g/mol. The second-order valence-electron chi connectivity index (χ2n) is 2.98. The van der Waals surface area contributed by atoms with Crippen LogP contribution in [0, 0.1) is 0 Å². The van der Waals surface area contributed by atoms with E-state index in [1.165, 1.54) is 13.2 Å². The second kappa shape index (κ2) is 5.35. The molecule has 0 heterocycles. The molecule has 13 heavy (non-hydrogen) atoms. The topological polar surface area (TPSA) is 55.4 Å². The number of hydrogen-bond donors (Lipinski definition) is 1. The van der Waals surface area contributed by atoms with Gasteiger partial charge in [0.1, 0.15) is 6.04 Å². The number of esters is 1. The fourth-order valence-electron chi connectivity index (χ4n) is 0.753. The lowest BCUT2D eigenvalue weighted by atomic mass is 10.3. The molecule has 1 amide bonds. The Balaban J connectivity index is 4.07. The summed E-state index contributed by atoms with van der Waals surface area (Å²) in [4.78, 5) is 22.0. The summed E-state index contributed by atoms with van der Waals surface area (Å²) in [6.45, 7) is 5.19. The first-order valence-corrected chi connectivity index (χ1v) is 4.00. The standard InChI is InChI=1S/C9H15NO3/c1-6(2)5-8(11)10-7(3)9(12)13-4/h5,7H,1-4H3,(H,10,11). The maximum absolute atomic E-state index is 11.1. The minimum absolute atomic E-state index is 0.280. The van der Waals surface area contributed by atoms with Crippen LogP contribution in [0.4, 0.5) is 0 Å². The molecule has 0 bridgehead atoms. The lowest BCUT2D eigenvalue weighted by Gasteiger charge is -2.09. The van der Waals surface area contributed by atoms with Gasteiger partial charge in [0.15, 0.2) is 0 Å². The van der Waals surface area contributed by atoms with Crippen molar-refractivity contribution in [3.63, 3.8) is 0 Å². The van der Waals surface area contributed by atoms with E-state index in [1.54, 1.807) is 6.92 Å². The molecule has 0 aliphatic rings. The molecule has 0 aromatic rings. The highest BCUT2D eigenvalue weighted by Gasteiger charge is 2.13. The van der Waals surface area contributed by atoms with Crippen molar-refractivity contribution in [3.8, 4) is 0 Å². The summed E-state index contributed by atoms with van der Waals surface area (Å²) in [6.07, 6.45) is 1.43. The number of hydrogen-bond acceptors (Lipinski definition) is 3. The molecule has 0 aliphatic heterocycles. The van der Waals surface area contributed by atoms with Crippen LogP contribution in [0.15, 0.2) is 11.6 Å². The summed E-state index contributed by atoms with van der Waals surface area (Å²) in [7, 11) is 1.28. The van der Waals surface area contributed by atoms with E-state index in [0.717, 1.165) is 5.57 Å². The van der Waals surface area contributed by atoms with Gasteiger partial charge in [-0.25, -0.2) is 4.79 Å². The Bertz CT molecular complexity index is 229. The number of rotatable bonds is 3. The second-order valence-corrected chi connectivity index (χ2v) is 2.98. The van der Waals surface area contributed by atoms with Crippen molar-refractivity contribution < 1.29 is 14.3 Å². The van der Waals surface area contributed by atoms with E-state index in [1.807, 2.05) is 13.8 Å². The Morgan fingerprint density at radius 1 is 1.38 bits per heavy atom. The van der Waals surface area contributed by atoms with Gasteiger partial charge in [-0.15, -0.1) is 0 Å². The number of ether oxygens (including phenoxy) is 1. The van der Waals surface area contributed by atoms with Crippen LogP contribution in [0.2, 0.25) is 0 Å². The third-order valence-electron chi connectivity index (χ3n) is 1.33. The highest BCUT2D eigenvalue weighted by atomic mass is 16.5. The summed E-state index contributed by atoms with van der Waals surface area (Å²) in [6, 6.07) is -0.604. The minimum Gasteiger partial charge on any atom is -0.467 e. The summed E-state index contributed by atoms with van der Waals surface area (Å²) in [5, 5.41) is 2.47. The summed E-state index contributed by atoms with van der Waals surface area (Å²) >= 11 is 0. The number of methoxy groups -OCH3 is 1. The van der Waals surface area contributed by atoms with Gasteiger partial charge in [-0.3, -0.25) is 4.79 Å². The molecule has 74 valence electrons. The molecule has 0 fully saturated rings. The van der Waals surface area contributed by atoms with E-state index in [4.69, 9.17) is 0 Å². The lowest BCUT2D eigenvalue weighted by Crippen LogP contribution is -2.38. The molecular weight excluding hydrogens is 170 g/mol. The van der Waals surface area contributed by atoms with Gasteiger partial charge in [0.2, 0.25) is 5.91 Å². The van der Waals surface area contributed by atoms with E-state index in [0.29, 0.717) is 0 Å². The smallest absolute Gasteiger partial charge is 0.328 e. The van der Waals surface area contributed by atoms with Crippen LogP contribution < -0.4 is 5.32 Å². The van der Waals surface area contributed by atoms with E-state index >= 15 is 0 Å². The predicted molar refractivity (Wildman–Crippen MR) is 49.1 cm³/mol. The average Bonchev–Trinajstić information content (AvgIpc) is 2.01. The zero-order valence-electron chi connectivity index (χ0n) is 8.38. The van der Waals surface area contributed by atoms with Crippen LogP contribution in [0.5, 0.6) is 0 Å². The zero-order chi connectivity index (χ0) is 10.4. The normalized spacial score (nSPS) is 11.4. The molecule has 0 aromatic carbocycles. The molecule has 0 aromatic heterocycles. The maximum atomic E-state index is 11.1. The van der Waals surface area contributed by atoms with Crippen LogP contribution in [0.3, 0.4) is 0 Å². The highest BCUT2D eigenvalue weighted by Crippen LogP contribution is 1.90. The molecule has 0 aliphatic carbocycles. The molecule has 0 saturated carbocycles. The van der Waals surface area contributed by atoms with E-state index in [-0.39, 0.29) is 5.91 Å². The molecule has 4 heteroatoms. The van der Waals surface area contributed by atoms with Crippen molar-refractivity contribution in [1.29, 1.82) is 0 Å². The van der Waals surface area contributed by atoms with Gasteiger partial charge in [-0.05, 0) is 20.8 Å². The number of nitrogens with one attached hydrogen (secondary N) is 1. The van der Waals surface area contributed by atoms with E-state index in [2.05, 4.69) is 10.1 Å². The third-order valence-corrected chi connectivity index (χ3v) is 1.33. The molecule has 0 rings (SSSR count). The highest BCUT2D eigenvalue weighted by molar-refractivity contribution is 5.91. The Morgan fingerprint density at radius 3 is 2.31 bits per heavy atom. The molecule has 0 saturated heterocycles. The van der Waals surface area contributed by atoms with Crippen molar-refractivity contribution in [2.45, 2.75) is 26.8 Å². The molecular formula is C9H15NO3. The summed E-state index contributed by atoms with van der Waals surface area (Å²) < 4.78 is 4.44. The first-order chi connectivity index (χ1) is 5.97. The largest absolute Gasteiger partial charge is 0.467 e. The van der Waals surface area contributed by atoms with Crippen LogP contribution in [0.25, 0.3) is 0 Å². The van der Waals surface area contributed by atoms with Gasteiger partial charge >= 0.3 is 5.97 Å². The van der Waals surface area contributed by atoms with Gasteiger partial charge in [-0.2, -0.15) is 0 Å². The van der Waals surface area contributed by atoms with Crippen LogP contribution >= 0.6 is 0 Å². The van der Waals surface area contributed by atoms with Crippen molar-refractivity contribution in [3.05, 3.63) is 11.6 Å². The van der Waals surface area contributed by atoms with Gasteiger partial charge in [-0.1, -0.05) is 5.57 Å². The van der Waals surface area contributed by atoms with Crippen LogP contribution in [-0.4, -0.2) is 25.0 Å². The van der Waals surface area contributed by atoms with Gasteiger partial charge in [0, 0.05) is 6.08 Å². The third kappa shape index (κ3) is 5.00. The predicted octanol–water partition coefficient (Wildman–Crippen LogP) is 0.630. The first kappa shape index (κ1) is 11.7. The quantitative estimate of drug-likeness (QED) is 0.518. The van der Waals surface area contributed by atoms with E-state index < -0.39 is 12.0 Å². The Labute approximate surface area is 78.0 Å². The van der Waals surface area contributed by atoms with Crippen LogP contribution in [0.1, 0.15) is 20.8 Å². The molecule has 1 atom stereocenters. The molecule has 4 nitrogen and oxygen atoms in total. The lowest BCUT2D eigenvalue weighted by molar-refractivity contribution is -0.144. The van der Waals surface area contributed by atoms with Gasteiger partial charge < -0.3 is 10.1 Å². The number of allylic oxidation sites excluding steroid dienone is 1. The van der Waals surface area contributed by atoms with Crippen LogP contribution in [-0.2, 0) is 14.3 Å². The minimum atomic E-state index is -0.604. The van der Waals surface area contributed by atoms with Crippen molar-refractivity contribution in [2.75, 3.05) is 7.11 Å².